The Morgan fingerprint density at radius 3 is 2.69 bits per heavy atom. The van der Waals surface area contributed by atoms with Crippen molar-refractivity contribution >= 4 is 10.0 Å². The van der Waals surface area contributed by atoms with Crippen molar-refractivity contribution in [3.8, 4) is 23.0 Å². The molecule has 9 heteroatoms. The van der Waals surface area contributed by atoms with Crippen LogP contribution in [0.1, 0.15) is 16.8 Å². The molecule has 0 unspecified atom stereocenters. The van der Waals surface area contributed by atoms with Crippen molar-refractivity contribution in [2.75, 3.05) is 6.79 Å². The van der Waals surface area contributed by atoms with Crippen molar-refractivity contribution in [1.82, 2.24) is 9.88 Å². The molecule has 0 saturated heterocycles. The molecule has 8 nitrogen and oxygen atoms in total. The van der Waals surface area contributed by atoms with E-state index < -0.39 is 10.0 Å². The molecule has 0 radical (unpaired) electrons. The zero-order chi connectivity index (χ0) is 18.3. The molecule has 136 valence electrons. The van der Waals surface area contributed by atoms with Crippen molar-refractivity contribution in [1.29, 1.82) is 0 Å². The van der Waals surface area contributed by atoms with Gasteiger partial charge in [0.2, 0.25) is 17.6 Å². The Morgan fingerprint density at radius 2 is 1.92 bits per heavy atom. The van der Waals surface area contributed by atoms with Crippen LogP contribution in [-0.4, -0.2) is 20.4 Å². The number of aryl methyl sites for hydroxylation is 1. The molecule has 1 N–H and O–H groups in total. The minimum Gasteiger partial charge on any atom is -0.454 e. The van der Waals surface area contributed by atoms with E-state index >= 15 is 0 Å². The average Bonchev–Trinajstić information content (AvgIpc) is 3.34. The number of nitrogens with one attached hydrogen (secondary N) is 1. The summed E-state index contributed by atoms with van der Waals surface area (Å²) in [6.45, 7) is 3.89. The van der Waals surface area contributed by atoms with E-state index in [1.165, 1.54) is 6.07 Å². The number of furan rings is 1. The summed E-state index contributed by atoms with van der Waals surface area (Å²) < 4.78 is 48.6. The Balaban J connectivity index is 1.51. The van der Waals surface area contributed by atoms with E-state index in [1.807, 2.05) is 6.92 Å². The first-order valence-electron chi connectivity index (χ1n) is 7.85. The maximum Gasteiger partial charge on any atom is 0.274 e. The molecule has 26 heavy (non-hydrogen) atoms. The van der Waals surface area contributed by atoms with Crippen molar-refractivity contribution in [3.63, 3.8) is 0 Å². The number of ether oxygens (including phenoxy) is 2. The predicted molar refractivity (Wildman–Crippen MR) is 90.3 cm³/mol. The predicted octanol–water partition coefficient (Wildman–Crippen LogP) is 2.76. The lowest BCUT2D eigenvalue weighted by atomic mass is 10.2. The van der Waals surface area contributed by atoms with Crippen LogP contribution in [0.4, 0.5) is 0 Å². The summed E-state index contributed by atoms with van der Waals surface area (Å²) >= 11 is 0. The van der Waals surface area contributed by atoms with Gasteiger partial charge in [-0.25, -0.2) is 13.1 Å². The molecule has 0 aliphatic carbocycles. The molecular weight excluding hydrogens is 360 g/mol. The molecule has 0 amide bonds. The molecule has 0 fully saturated rings. The molecule has 3 heterocycles. The van der Waals surface area contributed by atoms with E-state index in [4.69, 9.17) is 18.4 Å². The van der Waals surface area contributed by atoms with E-state index in [0.717, 1.165) is 16.8 Å². The third-order valence-electron chi connectivity index (χ3n) is 4.13. The number of rotatable bonds is 5. The van der Waals surface area contributed by atoms with Crippen LogP contribution in [0.3, 0.4) is 0 Å². The van der Waals surface area contributed by atoms with Crippen molar-refractivity contribution in [2.45, 2.75) is 25.5 Å². The Labute approximate surface area is 149 Å². The van der Waals surface area contributed by atoms with Gasteiger partial charge >= 0.3 is 0 Å². The summed E-state index contributed by atoms with van der Waals surface area (Å²) in [4.78, 5) is 0. The normalized spacial score (nSPS) is 13.3. The van der Waals surface area contributed by atoms with E-state index in [9.17, 15) is 8.42 Å². The Kier molecular flexibility index (Phi) is 3.97. The Hall–Kier alpha value is -2.78. The molecule has 1 aliphatic heterocycles. The van der Waals surface area contributed by atoms with Gasteiger partial charge in [0.1, 0.15) is 0 Å². The van der Waals surface area contributed by atoms with Gasteiger partial charge in [-0.2, -0.15) is 0 Å². The van der Waals surface area contributed by atoms with Gasteiger partial charge in [-0.3, -0.25) is 0 Å². The van der Waals surface area contributed by atoms with Gasteiger partial charge in [0.05, 0.1) is 5.69 Å². The largest absolute Gasteiger partial charge is 0.454 e. The highest BCUT2D eigenvalue weighted by atomic mass is 32.2. The maximum atomic E-state index is 12.5. The van der Waals surface area contributed by atoms with Crippen molar-refractivity contribution < 1.29 is 26.8 Å². The van der Waals surface area contributed by atoms with Gasteiger partial charge in [0.25, 0.3) is 10.0 Å². The number of nitrogens with zero attached hydrogens (tertiary/aromatic N) is 1. The lowest BCUT2D eigenvalue weighted by molar-refractivity contribution is 0.174. The second-order valence-corrected chi connectivity index (χ2v) is 7.55. The highest BCUT2D eigenvalue weighted by Crippen LogP contribution is 2.33. The third-order valence-corrected chi connectivity index (χ3v) is 5.40. The maximum absolute atomic E-state index is 12.5. The Bertz CT molecular complexity index is 1070. The minimum atomic E-state index is -3.82. The van der Waals surface area contributed by atoms with Gasteiger partial charge in [0, 0.05) is 12.1 Å². The first-order valence-corrected chi connectivity index (χ1v) is 9.33. The van der Waals surface area contributed by atoms with Crippen molar-refractivity contribution in [2.24, 2.45) is 0 Å². The quantitative estimate of drug-likeness (QED) is 0.730. The first kappa shape index (κ1) is 16.7. The number of hydrogen-bond acceptors (Lipinski definition) is 7. The highest BCUT2D eigenvalue weighted by molar-refractivity contribution is 7.89. The molecule has 0 saturated carbocycles. The van der Waals surface area contributed by atoms with E-state index in [1.54, 1.807) is 31.2 Å². The van der Waals surface area contributed by atoms with Gasteiger partial charge in [-0.05, 0) is 43.7 Å². The van der Waals surface area contributed by atoms with Crippen LogP contribution in [0.2, 0.25) is 0 Å². The minimum absolute atomic E-state index is 0.0927. The van der Waals surface area contributed by atoms with E-state index in [0.29, 0.717) is 23.0 Å². The molecule has 4 rings (SSSR count). The summed E-state index contributed by atoms with van der Waals surface area (Å²) in [5, 5.41) is 3.65. The summed E-state index contributed by atoms with van der Waals surface area (Å²) in [6.07, 6.45) is 0. The van der Waals surface area contributed by atoms with Crippen LogP contribution in [0.15, 0.2) is 44.4 Å². The van der Waals surface area contributed by atoms with Crippen molar-refractivity contribution in [3.05, 3.63) is 47.2 Å². The molecule has 1 aliphatic rings. The monoisotopic (exact) mass is 376 g/mol. The summed E-state index contributed by atoms with van der Waals surface area (Å²) in [6, 6.07) is 8.17. The van der Waals surface area contributed by atoms with Crippen LogP contribution >= 0.6 is 0 Å². The van der Waals surface area contributed by atoms with E-state index in [-0.39, 0.29) is 18.4 Å². The molecule has 0 atom stereocenters. The fourth-order valence-corrected chi connectivity index (χ4v) is 3.48. The molecule has 2 aromatic heterocycles. The molecule has 0 spiro atoms. The van der Waals surface area contributed by atoms with Gasteiger partial charge in [0.15, 0.2) is 17.3 Å². The standard InChI is InChI=1S/C17H16N2O6S/c1-10-11(2)19-25-17(10)14-5-6-16(24-14)26(20,21)18-8-12-3-4-13-15(7-12)23-9-22-13/h3-7,18H,8-9H2,1-2H3. The number of hydrogen-bond donors (Lipinski definition) is 1. The van der Waals surface area contributed by atoms with Crippen LogP contribution in [-0.2, 0) is 16.6 Å². The topological polar surface area (TPSA) is 104 Å². The SMILES string of the molecule is Cc1noc(-c2ccc(S(=O)(=O)NCc3ccc4c(c3)OCO4)o2)c1C. The molecule has 1 aromatic carbocycles. The van der Waals surface area contributed by atoms with Gasteiger partial charge < -0.3 is 18.4 Å². The van der Waals surface area contributed by atoms with Crippen LogP contribution in [0.25, 0.3) is 11.5 Å². The van der Waals surface area contributed by atoms with Crippen LogP contribution < -0.4 is 14.2 Å². The zero-order valence-corrected chi connectivity index (χ0v) is 14.9. The van der Waals surface area contributed by atoms with Crippen LogP contribution in [0.5, 0.6) is 11.5 Å². The number of aromatic nitrogens is 1. The molecular formula is C17H16N2O6S. The summed E-state index contributed by atoms with van der Waals surface area (Å²) in [7, 11) is -3.82. The summed E-state index contributed by atoms with van der Waals surface area (Å²) in [5.41, 5.74) is 2.27. The smallest absolute Gasteiger partial charge is 0.274 e. The lowest BCUT2D eigenvalue weighted by Crippen LogP contribution is -2.22. The fraction of sp³-hybridized carbons (Fsp3) is 0.235. The lowest BCUT2D eigenvalue weighted by Gasteiger charge is -2.05. The number of fused-ring (bicyclic) bond motifs is 1. The number of benzene rings is 1. The average molecular weight is 376 g/mol. The third kappa shape index (κ3) is 2.95. The highest BCUT2D eigenvalue weighted by Gasteiger charge is 2.22. The second-order valence-electron chi connectivity index (χ2n) is 5.85. The van der Waals surface area contributed by atoms with Gasteiger partial charge in [-0.15, -0.1) is 0 Å². The van der Waals surface area contributed by atoms with Crippen LogP contribution in [0, 0.1) is 13.8 Å². The second kappa shape index (κ2) is 6.19. The molecule has 0 bridgehead atoms. The Morgan fingerprint density at radius 1 is 1.12 bits per heavy atom. The summed E-state index contributed by atoms with van der Waals surface area (Å²) in [5.74, 6) is 1.97. The first-order chi connectivity index (χ1) is 12.4. The fourth-order valence-electron chi connectivity index (χ4n) is 2.53. The zero-order valence-electron chi connectivity index (χ0n) is 14.1. The number of sulfonamides is 1. The van der Waals surface area contributed by atoms with Gasteiger partial charge in [-0.1, -0.05) is 11.2 Å². The van der Waals surface area contributed by atoms with E-state index in [2.05, 4.69) is 9.88 Å². The molecule has 3 aromatic rings.